The maximum atomic E-state index is 12.2. The molecule has 0 aliphatic carbocycles. The molecule has 2 aromatic rings. The van der Waals surface area contributed by atoms with Crippen molar-refractivity contribution in [1.82, 2.24) is 0 Å². The van der Waals surface area contributed by atoms with E-state index in [9.17, 15) is 9.59 Å². The summed E-state index contributed by atoms with van der Waals surface area (Å²) in [6.45, 7) is 9.74. The first-order valence-corrected chi connectivity index (χ1v) is 9.13. The van der Waals surface area contributed by atoms with E-state index in [2.05, 4.69) is 19.2 Å². The maximum Gasteiger partial charge on any atom is 0.331 e. The SMILES string of the molecule is Cc1ccc(NC(=O)C(C)OC(=O)/C=C/c2ccc(C(C)C)cc2)c(C)c1. The molecule has 1 unspecified atom stereocenters. The Balaban J connectivity index is 1.91. The van der Waals surface area contributed by atoms with Crippen molar-refractivity contribution in [1.29, 1.82) is 0 Å². The molecular weight excluding hydrogens is 338 g/mol. The lowest BCUT2D eigenvalue weighted by molar-refractivity contribution is -0.148. The highest BCUT2D eigenvalue weighted by atomic mass is 16.5. The van der Waals surface area contributed by atoms with Gasteiger partial charge >= 0.3 is 5.97 Å². The second kappa shape index (κ2) is 9.17. The summed E-state index contributed by atoms with van der Waals surface area (Å²) in [7, 11) is 0. The molecule has 1 atom stereocenters. The second-order valence-electron chi connectivity index (χ2n) is 7.04. The Morgan fingerprint density at radius 1 is 1.00 bits per heavy atom. The molecule has 4 heteroatoms. The largest absolute Gasteiger partial charge is 0.449 e. The molecule has 1 N–H and O–H groups in total. The molecule has 0 saturated heterocycles. The average molecular weight is 365 g/mol. The summed E-state index contributed by atoms with van der Waals surface area (Å²) in [6, 6.07) is 13.7. The topological polar surface area (TPSA) is 55.4 Å². The molecule has 0 fully saturated rings. The van der Waals surface area contributed by atoms with E-state index in [1.165, 1.54) is 11.6 Å². The van der Waals surface area contributed by atoms with Crippen LogP contribution in [0.25, 0.3) is 6.08 Å². The van der Waals surface area contributed by atoms with E-state index >= 15 is 0 Å². The molecule has 0 aliphatic heterocycles. The molecule has 2 rings (SSSR count). The van der Waals surface area contributed by atoms with Gasteiger partial charge in [-0.3, -0.25) is 4.79 Å². The summed E-state index contributed by atoms with van der Waals surface area (Å²) in [6.07, 6.45) is 2.14. The molecule has 0 spiro atoms. The first-order valence-electron chi connectivity index (χ1n) is 9.13. The van der Waals surface area contributed by atoms with Crippen LogP contribution in [-0.2, 0) is 14.3 Å². The fraction of sp³-hybridized carbons (Fsp3) is 0.304. The minimum atomic E-state index is -0.883. The lowest BCUT2D eigenvalue weighted by atomic mass is 10.0. The van der Waals surface area contributed by atoms with Crippen molar-refractivity contribution in [2.75, 3.05) is 5.32 Å². The Bertz CT molecular complexity index is 835. The zero-order valence-electron chi connectivity index (χ0n) is 16.6. The summed E-state index contributed by atoms with van der Waals surface area (Å²) in [5, 5.41) is 2.79. The number of aryl methyl sites for hydroxylation is 2. The third kappa shape index (κ3) is 6.10. The van der Waals surface area contributed by atoms with Gasteiger partial charge in [-0.2, -0.15) is 0 Å². The average Bonchev–Trinajstić information content (AvgIpc) is 2.62. The summed E-state index contributed by atoms with van der Waals surface area (Å²) in [5.74, 6) is -0.444. The van der Waals surface area contributed by atoms with Crippen molar-refractivity contribution in [3.8, 4) is 0 Å². The van der Waals surface area contributed by atoms with Crippen LogP contribution in [0.4, 0.5) is 5.69 Å². The highest BCUT2D eigenvalue weighted by Gasteiger charge is 2.17. The number of carbonyl (C=O) groups is 2. The van der Waals surface area contributed by atoms with Gasteiger partial charge in [0.15, 0.2) is 6.10 Å². The third-order valence-corrected chi connectivity index (χ3v) is 4.32. The zero-order chi connectivity index (χ0) is 20.0. The second-order valence-corrected chi connectivity index (χ2v) is 7.04. The van der Waals surface area contributed by atoms with Crippen LogP contribution in [0.3, 0.4) is 0 Å². The third-order valence-electron chi connectivity index (χ3n) is 4.32. The molecule has 27 heavy (non-hydrogen) atoms. The number of rotatable bonds is 6. The quantitative estimate of drug-likeness (QED) is 0.578. The summed E-state index contributed by atoms with van der Waals surface area (Å²) in [4.78, 5) is 24.2. The summed E-state index contributed by atoms with van der Waals surface area (Å²) in [5.41, 5.74) is 4.95. The monoisotopic (exact) mass is 365 g/mol. The fourth-order valence-electron chi connectivity index (χ4n) is 2.61. The van der Waals surface area contributed by atoms with Crippen molar-refractivity contribution in [3.63, 3.8) is 0 Å². The van der Waals surface area contributed by atoms with Gasteiger partial charge in [0.25, 0.3) is 5.91 Å². The van der Waals surface area contributed by atoms with E-state index in [0.29, 0.717) is 11.6 Å². The van der Waals surface area contributed by atoms with Gasteiger partial charge in [0.2, 0.25) is 0 Å². The number of benzene rings is 2. The van der Waals surface area contributed by atoms with E-state index in [1.807, 2.05) is 56.3 Å². The molecule has 4 nitrogen and oxygen atoms in total. The van der Waals surface area contributed by atoms with Gasteiger partial charge in [0.1, 0.15) is 0 Å². The number of hydrogen-bond acceptors (Lipinski definition) is 3. The highest BCUT2D eigenvalue weighted by Crippen LogP contribution is 2.17. The molecular formula is C23H27NO3. The van der Waals surface area contributed by atoms with Crippen molar-refractivity contribution in [3.05, 3.63) is 70.8 Å². The van der Waals surface area contributed by atoms with Crippen LogP contribution in [0.5, 0.6) is 0 Å². The number of amides is 1. The van der Waals surface area contributed by atoms with E-state index in [-0.39, 0.29) is 5.91 Å². The number of esters is 1. The predicted molar refractivity (Wildman–Crippen MR) is 110 cm³/mol. The van der Waals surface area contributed by atoms with E-state index in [1.54, 1.807) is 13.0 Å². The van der Waals surface area contributed by atoms with Crippen molar-refractivity contribution in [2.24, 2.45) is 0 Å². The zero-order valence-corrected chi connectivity index (χ0v) is 16.6. The van der Waals surface area contributed by atoms with Crippen LogP contribution < -0.4 is 5.32 Å². The first kappa shape index (κ1) is 20.4. The molecule has 0 saturated carbocycles. The Morgan fingerprint density at radius 3 is 2.26 bits per heavy atom. The van der Waals surface area contributed by atoms with Gasteiger partial charge in [-0.15, -0.1) is 0 Å². The lowest BCUT2D eigenvalue weighted by Gasteiger charge is -2.14. The molecule has 0 aliphatic rings. The van der Waals surface area contributed by atoms with Crippen LogP contribution in [0.2, 0.25) is 0 Å². The maximum absolute atomic E-state index is 12.2. The van der Waals surface area contributed by atoms with Gasteiger partial charge in [-0.25, -0.2) is 4.79 Å². The van der Waals surface area contributed by atoms with E-state index in [4.69, 9.17) is 4.74 Å². The summed E-state index contributed by atoms with van der Waals surface area (Å²) < 4.78 is 5.19. The predicted octanol–water partition coefficient (Wildman–Crippen LogP) is 5.01. The Morgan fingerprint density at radius 2 is 1.67 bits per heavy atom. The Hall–Kier alpha value is -2.88. The Labute approximate surface area is 161 Å². The van der Waals surface area contributed by atoms with Crippen LogP contribution in [-0.4, -0.2) is 18.0 Å². The van der Waals surface area contributed by atoms with Crippen LogP contribution in [0, 0.1) is 13.8 Å². The summed E-state index contributed by atoms with van der Waals surface area (Å²) >= 11 is 0. The minimum Gasteiger partial charge on any atom is -0.449 e. The number of anilines is 1. The first-order chi connectivity index (χ1) is 12.8. The van der Waals surface area contributed by atoms with Crippen molar-refractivity contribution >= 4 is 23.6 Å². The highest BCUT2D eigenvalue weighted by molar-refractivity contribution is 5.97. The van der Waals surface area contributed by atoms with Gasteiger partial charge in [0.05, 0.1) is 0 Å². The number of nitrogens with one attached hydrogen (secondary N) is 1. The molecule has 0 aromatic heterocycles. The molecule has 2 aromatic carbocycles. The van der Waals surface area contributed by atoms with E-state index in [0.717, 1.165) is 16.7 Å². The standard InChI is InChI=1S/C23H27NO3/c1-15(2)20-10-7-19(8-11-20)9-13-22(25)27-18(5)23(26)24-21-12-6-16(3)14-17(21)4/h6-15,18H,1-5H3,(H,24,26)/b13-9+. The van der Waals surface area contributed by atoms with E-state index < -0.39 is 12.1 Å². The van der Waals surface area contributed by atoms with Crippen LogP contribution in [0.1, 0.15) is 48.9 Å². The number of carbonyl (C=O) groups excluding carboxylic acids is 2. The number of hydrogen-bond donors (Lipinski definition) is 1. The smallest absolute Gasteiger partial charge is 0.331 e. The van der Waals surface area contributed by atoms with Crippen LogP contribution in [0.15, 0.2) is 48.5 Å². The Kier molecular flexibility index (Phi) is 6.94. The number of ether oxygens (including phenoxy) is 1. The molecule has 0 radical (unpaired) electrons. The van der Waals surface area contributed by atoms with Gasteiger partial charge in [-0.1, -0.05) is 55.8 Å². The fourth-order valence-corrected chi connectivity index (χ4v) is 2.61. The van der Waals surface area contributed by atoms with Gasteiger partial charge in [-0.05, 0) is 55.5 Å². The molecule has 1 amide bonds. The van der Waals surface area contributed by atoms with Gasteiger partial charge in [0, 0.05) is 11.8 Å². The molecule has 0 bridgehead atoms. The minimum absolute atomic E-state index is 0.356. The van der Waals surface area contributed by atoms with Gasteiger partial charge < -0.3 is 10.1 Å². The van der Waals surface area contributed by atoms with Crippen LogP contribution >= 0.6 is 0 Å². The van der Waals surface area contributed by atoms with Crippen molar-refractivity contribution in [2.45, 2.75) is 46.6 Å². The molecule has 0 heterocycles. The lowest BCUT2D eigenvalue weighted by Crippen LogP contribution is -2.29. The van der Waals surface area contributed by atoms with Crippen molar-refractivity contribution < 1.29 is 14.3 Å². The normalized spacial score (nSPS) is 12.2. The molecule has 142 valence electrons.